The number of para-hydroxylation sites is 2. The van der Waals surface area contributed by atoms with Crippen LogP contribution in [0.3, 0.4) is 0 Å². The number of nitrogens with one attached hydrogen (secondary N) is 2. The molecular weight excluding hydrogens is 283 g/mol. The zero-order valence-corrected chi connectivity index (χ0v) is 12.0. The third-order valence-corrected chi connectivity index (χ3v) is 3.31. The Morgan fingerprint density at radius 1 is 1.18 bits per heavy atom. The van der Waals surface area contributed by atoms with E-state index in [-0.39, 0.29) is 18.3 Å². The minimum absolute atomic E-state index is 0.119. The van der Waals surface area contributed by atoms with Gasteiger partial charge in [0.15, 0.2) is 0 Å². The molecule has 6 heteroatoms. The summed E-state index contributed by atoms with van der Waals surface area (Å²) in [5.74, 6) is 0.0813. The molecule has 1 heterocycles. The van der Waals surface area contributed by atoms with Gasteiger partial charge in [-0.15, -0.1) is 0 Å². The number of anilines is 2. The van der Waals surface area contributed by atoms with E-state index in [2.05, 4.69) is 15.6 Å². The summed E-state index contributed by atoms with van der Waals surface area (Å²) < 4.78 is 14.7. The lowest BCUT2D eigenvalue weighted by Gasteiger charge is -2.09. The van der Waals surface area contributed by atoms with Crippen molar-refractivity contribution < 1.29 is 9.18 Å². The highest BCUT2D eigenvalue weighted by atomic mass is 19.1. The number of imidazole rings is 1. The van der Waals surface area contributed by atoms with Gasteiger partial charge in [-0.05, 0) is 36.4 Å². The van der Waals surface area contributed by atoms with Gasteiger partial charge in [0.05, 0.1) is 11.0 Å². The minimum atomic E-state index is -0.337. The molecule has 0 fully saturated rings. The highest BCUT2D eigenvalue weighted by Crippen LogP contribution is 2.19. The molecule has 0 spiro atoms. The summed E-state index contributed by atoms with van der Waals surface area (Å²) in [6.45, 7) is 0.119. The van der Waals surface area contributed by atoms with Crippen molar-refractivity contribution in [3.63, 3.8) is 0 Å². The molecule has 3 aromatic rings. The topological polar surface area (TPSA) is 59.0 Å². The highest BCUT2D eigenvalue weighted by Gasteiger charge is 2.12. The molecule has 0 saturated heterocycles. The van der Waals surface area contributed by atoms with E-state index in [0.717, 1.165) is 11.0 Å². The first-order chi connectivity index (χ1) is 10.7. The largest absolute Gasteiger partial charge is 0.359 e. The summed E-state index contributed by atoms with van der Waals surface area (Å²) in [6.07, 6.45) is 0. The number of rotatable bonds is 4. The van der Waals surface area contributed by atoms with Crippen molar-refractivity contribution in [2.45, 2.75) is 6.54 Å². The number of halogens is 1. The Kier molecular flexibility index (Phi) is 3.74. The van der Waals surface area contributed by atoms with Gasteiger partial charge in [0.2, 0.25) is 11.9 Å². The number of nitrogens with zero attached hydrogens (tertiary/aromatic N) is 2. The molecular formula is C16H15FN4O. The van der Waals surface area contributed by atoms with Crippen molar-refractivity contribution in [1.29, 1.82) is 0 Å². The molecule has 22 heavy (non-hydrogen) atoms. The fourth-order valence-electron chi connectivity index (χ4n) is 2.30. The number of carbonyl (C=O) groups excluding carboxylic acids is 1. The van der Waals surface area contributed by atoms with E-state index in [0.29, 0.717) is 11.6 Å². The molecule has 0 aliphatic heterocycles. The molecule has 0 bridgehead atoms. The smallest absolute Gasteiger partial charge is 0.244 e. The average Bonchev–Trinajstić information content (AvgIpc) is 2.87. The van der Waals surface area contributed by atoms with Gasteiger partial charge in [-0.3, -0.25) is 4.79 Å². The molecule has 0 atom stereocenters. The van der Waals surface area contributed by atoms with Gasteiger partial charge in [0, 0.05) is 12.7 Å². The van der Waals surface area contributed by atoms with Crippen LogP contribution >= 0.6 is 0 Å². The summed E-state index contributed by atoms with van der Waals surface area (Å²) in [4.78, 5) is 16.6. The van der Waals surface area contributed by atoms with Crippen molar-refractivity contribution >= 4 is 28.6 Å². The van der Waals surface area contributed by atoms with Gasteiger partial charge in [-0.1, -0.05) is 12.1 Å². The standard InChI is InChI=1S/C16H15FN4O/c1-18-16-20-13-4-2-3-5-14(13)21(16)10-15(22)19-12-8-6-11(17)7-9-12/h2-9H,10H2,1H3,(H,18,20)(H,19,22). The molecule has 0 saturated carbocycles. The monoisotopic (exact) mass is 298 g/mol. The SMILES string of the molecule is CNc1nc2ccccc2n1CC(=O)Nc1ccc(F)cc1. The van der Waals surface area contributed by atoms with Crippen LogP contribution in [0.4, 0.5) is 16.0 Å². The van der Waals surface area contributed by atoms with E-state index in [1.54, 1.807) is 11.6 Å². The summed E-state index contributed by atoms with van der Waals surface area (Å²) in [6, 6.07) is 13.3. The van der Waals surface area contributed by atoms with Gasteiger partial charge >= 0.3 is 0 Å². The molecule has 3 rings (SSSR count). The fourth-order valence-corrected chi connectivity index (χ4v) is 2.30. The van der Waals surface area contributed by atoms with Crippen LogP contribution in [0, 0.1) is 5.82 Å². The number of benzene rings is 2. The van der Waals surface area contributed by atoms with Crippen molar-refractivity contribution in [2.24, 2.45) is 0 Å². The van der Waals surface area contributed by atoms with Crippen LogP contribution in [-0.2, 0) is 11.3 Å². The lowest BCUT2D eigenvalue weighted by molar-refractivity contribution is -0.116. The Labute approximate surface area is 126 Å². The quantitative estimate of drug-likeness (QED) is 0.778. The van der Waals surface area contributed by atoms with E-state index < -0.39 is 0 Å². The van der Waals surface area contributed by atoms with Gasteiger partial charge in [0.1, 0.15) is 12.4 Å². The van der Waals surface area contributed by atoms with Crippen LogP contribution in [0.25, 0.3) is 11.0 Å². The zero-order chi connectivity index (χ0) is 15.5. The van der Waals surface area contributed by atoms with Gasteiger partial charge in [0.25, 0.3) is 0 Å². The summed E-state index contributed by atoms with van der Waals surface area (Å²) in [7, 11) is 1.76. The van der Waals surface area contributed by atoms with Gasteiger partial charge < -0.3 is 15.2 Å². The molecule has 112 valence electrons. The van der Waals surface area contributed by atoms with E-state index >= 15 is 0 Å². The van der Waals surface area contributed by atoms with E-state index in [4.69, 9.17) is 0 Å². The number of hydrogen-bond donors (Lipinski definition) is 2. The number of fused-ring (bicyclic) bond motifs is 1. The normalized spacial score (nSPS) is 10.6. The van der Waals surface area contributed by atoms with Crippen LogP contribution < -0.4 is 10.6 Å². The molecule has 0 unspecified atom stereocenters. The second kappa shape index (κ2) is 5.85. The molecule has 0 radical (unpaired) electrons. The maximum Gasteiger partial charge on any atom is 0.244 e. The van der Waals surface area contributed by atoms with E-state index in [1.165, 1.54) is 24.3 Å². The van der Waals surface area contributed by atoms with Crippen molar-refractivity contribution in [3.05, 3.63) is 54.3 Å². The first kappa shape index (κ1) is 14.1. The van der Waals surface area contributed by atoms with Crippen molar-refractivity contribution in [2.75, 3.05) is 17.7 Å². The Morgan fingerprint density at radius 2 is 1.91 bits per heavy atom. The lowest BCUT2D eigenvalue weighted by atomic mass is 10.3. The third kappa shape index (κ3) is 2.76. The minimum Gasteiger partial charge on any atom is -0.359 e. The van der Waals surface area contributed by atoms with Crippen molar-refractivity contribution in [1.82, 2.24) is 9.55 Å². The van der Waals surface area contributed by atoms with Crippen LogP contribution in [0.5, 0.6) is 0 Å². The fraction of sp³-hybridized carbons (Fsp3) is 0.125. The number of aromatic nitrogens is 2. The second-order valence-electron chi connectivity index (χ2n) is 4.82. The van der Waals surface area contributed by atoms with E-state index in [9.17, 15) is 9.18 Å². The van der Waals surface area contributed by atoms with Gasteiger partial charge in [-0.2, -0.15) is 0 Å². The van der Waals surface area contributed by atoms with Crippen LogP contribution in [0.15, 0.2) is 48.5 Å². The Morgan fingerprint density at radius 3 is 2.64 bits per heavy atom. The summed E-state index contributed by atoms with van der Waals surface area (Å²) >= 11 is 0. The average molecular weight is 298 g/mol. The lowest BCUT2D eigenvalue weighted by Crippen LogP contribution is -2.19. The Balaban J connectivity index is 1.83. The number of amides is 1. The molecule has 0 aliphatic rings. The van der Waals surface area contributed by atoms with Crippen LogP contribution in [-0.4, -0.2) is 22.5 Å². The summed E-state index contributed by atoms with van der Waals surface area (Å²) in [5, 5.41) is 5.73. The molecule has 5 nitrogen and oxygen atoms in total. The van der Waals surface area contributed by atoms with Crippen molar-refractivity contribution in [3.8, 4) is 0 Å². The maximum atomic E-state index is 12.9. The highest BCUT2D eigenvalue weighted by molar-refractivity contribution is 5.92. The van der Waals surface area contributed by atoms with Crippen LogP contribution in [0.1, 0.15) is 0 Å². The van der Waals surface area contributed by atoms with Gasteiger partial charge in [-0.25, -0.2) is 9.37 Å². The molecule has 2 aromatic carbocycles. The maximum absolute atomic E-state index is 12.9. The Hall–Kier alpha value is -2.89. The molecule has 0 aliphatic carbocycles. The third-order valence-electron chi connectivity index (χ3n) is 3.31. The van der Waals surface area contributed by atoms with E-state index in [1.807, 2.05) is 24.3 Å². The van der Waals surface area contributed by atoms with Crippen LogP contribution in [0.2, 0.25) is 0 Å². The summed E-state index contributed by atoms with van der Waals surface area (Å²) in [5.41, 5.74) is 2.25. The Bertz CT molecular complexity index is 811. The molecule has 1 amide bonds. The second-order valence-corrected chi connectivity index (χ2v) is 4.82. The first-order valence-corrected chi connectivity index (χ1v) is 6.86. The predicted octanol–water partition coefficient (Wildman–Crippen LogP) is 2.86. The number of carbonyl (C=O) groups is 1. The zero-order valence-electron chi connectivity index (χ0n) is 12.0. The first-order valence-electron chi connectivity index (χ1n) is 6.86. The molecule has 2 N–H and O–H groups in total. The predicted molar refractivity (Wildman–Crippen MR) is 84.3 cm³/mol. The molecule has 1 aromatic heterocycles. The number of hydrogen-bond acceptors (Lipinski definition) is 3.